The zero-order valence-corrected chi connectivity index (χ0v) is 13.5. The van der Waals surface area contributed by atoms with E-state index in [4.69, 9.17) is 14.2 Å². The Balaban J connectivity index is 2.27. The van der Waals surface area contributed by atoms with E-state index < -0.39 is 4.92 Å². The van der Waals surface area contributed by atoms with Crippen LogP contribution in [-0.2, 0) is 6.61 Å². The topological polar surface area (TPSA) is 83.7 Å². The van der Waals surface area contributed by atoms with Gasteiger partial charge in [-0.15, -0.1) is 0 Å². The minimum atomic E-state index is -0.589. The molecule has 2 rings (SSSR count). The van der Waals surface area contributed by atoms with Crippen molar-refractivity contribution < 1.29 is 19.1 Å². The highest BCUT2D eigenvalue weighted by molar-refractivity contribution is 9.10. The lowest BCUT2D eigenvalue weighted by Crippen LogP contribution is -2.03. The first-order valence-corrected chi connectivity index (χ1v) is 6.98. The normalized spacial score (nSPS) is 10.1. The van der Waals surface area contributed by atoms with Crippen molar-refractivity contribution in [3.8, 4) is 17.2 Å². The molecule has 0 atom stereocenters. The number of aromatic nitrogens is 1. The zero-order chi connectivity index (χ0) is 16.1. The molecule has 8 heteroatoms. The van der Waals surface area contributed by atoms with Gasteiger partial charge < -0.3 is 24.3 Å². The van der Waals surface area contributed by atoms with E-state index in [1.165, 1.54) is 19.4 Å². The second-order valence-electron chi connectivity index (χ2n) is 4.17. The maximum Gasteiger partial charge on any atom is 0.406 e. The molecule has 0 N–H and O–H groups in total. The van der Waals surface area contributed by atoms with Crippen LogP contribution in [0.3, 0.4) is 0 Å². The van der Waals surface area contributed by atoms with E-state index in [-0.39, 0.29) is 18.2 Å². The van der Waals surface area contributed by atoms with Crippen LogP contribution in [0.15, 0.2) is 34.9 Å². The Hall–Kier alpha value is -2.35. The average Bonchev–Trinajstić information content (AvgIpc) is 2.53. The maximum atomic E-state index is 10.9. The van der Waals surface area contributed by atoms with Gasteiger partial charge >= 0.3 is 5.82 Å². The number of hydrogen-bond donors (Lipinski definition) is 0. The van der Waals surface area contributed by atoms with Crippen LogP contribution in [0.2, 0.25) is 0 Å². The molecule has 0 spiro atoms. The first-order chi connectivity index (χ1) is 10.6. The minimum absolute atomic E-state index is 0.0827. The molecule has 0 saturated heterocycles. The fourth-order valence-electron chi connectivity index (χ4n) is 1.82. The number of methoxy groups -OCH3 is 2. The first kappa shape index (κ1) is 16.0. The molecule has 116 valence electrons. The van der Waals surface area contributed by atoms with Gasteiger partial charge in [0.05, 0.1) is 18.7 Å². The van der Waals surface area contributed by atoms with Gasteiger partial charge in [0.15, 0.2) is 0 Å². The van der Waals surface area contributed by atoms with Gasteiger partial charge in [-0.25, -0.2) is 0 Å². The van der Waals surface area contributed by atoms with Crippen molar-refractivity contribution in [1.82, 2.24) is 4.98 Å². The summed E-state index contributed by atoms with van der Waals surface area (Å²) in [5, 5.41) is 10.9. The summed E-state index contributed by atoms with van der Waals surface area (Å²) in [5.74, 6) is 0.960. The number of pyridine rings is 1. The Kier molecular flexibility index (Phi) is 5.16. The number of benzene rings is 1. The predicted octanol–water partition coefficient (Wildman–Crippen LogP) is 3.35. The van der Waals surface area contributed by atoms with E-state index in [1.54, 1.807) is 25.3 Å². The summed E-state index contributed by atoms with van der Waals surface area (Å²) >= 11 is 3.36. The summed E-state index contributed by atoms with van der Waals surface area (Å²) in [6.07, 6.45) is 1.34. The number of nitro groups is 1. The number of ether oxygens (including phenoxy) is 3. The van der Waals surface area contributed by atoms with Gasteiger partial charge in [0.1, 0.15) is 24.3 Å². The van der Waals surface area contributed by atoms with Crippen molar-refractivity contribution in [2.75, 3.05) is 14.2 Å². The molecule has 0 bridgehead atoms. The number of halogens is 1. The largest absolute Gasteiger partial charge is 0.496 e. The lowest BCUT2D eigenvalue weighted by atomic mass is 10.2. The second-order valence-corrected chi connectivity index (χ2v) is 5.02. The monoisotopic (exact) mass is 368 g/mol. The van der Waals surface area contributed by atoms with E-state index in [2.05, 4.69) is 20.9 Å². The summed E-state index contributed by atoms with van der Waals surface area (Å²) in [7, 11) is 3.08. The third-order valence-corrected chi connectivity index (χ3v) is 3.48. The average molecular weight is 369 g/mol. The third-order valence-electron chi connectivity index (χ3n) is 2.86. The van der Waals surface area contributed by atoms with Gasteiger partial charge in [-0.1, -0.05) is 0 Å². The fourth-order valence-corrected chi connectivity index (χ4v) is 2.31. The van der Waals surface area contributed by atoms with Gasteiger partial charge in [0.2, 0.25) is 5.75 Å². The van der Waals surface area contributed by atoms with Crippen molar-refractivity contribution >= 4 is 21.7 Å². The summed E-state index contributed by atoms with van der Waals surface area (Å²) in [4.78, 5) is 14.0. The van der Waals surface area contributed by atoms with Crippen LogP contribution >= 0.6 is 15.9 Å². The van der Waals surface area contributed by atoms with Crippen LogP contribution in [0.25, 0.3) is 0 Å². The van der Waals surface area contributed by atoms with Crippen molar-refractivity contribution in [1.29, 1.82) is 0 Å². The van der Waals surface area contributed by atoms with Crippen LogP contribution in [0.4, 0.5) is 5.82 Å². The van der Waals surface area contributed by atoms with Gasteiger partial charge in [-0.2, -0.15) is 0 Å². The molecule has 1 heterocycles. The fraction of sp³-hybridized carbons (Fsp3) is 0.214. The lowest BCUT2D eigenvalue weighted by molar-refractivity contribution is -0.390. The van der Waals surface area contributed by atoms with E-state index in [1.807, 2.05) is 0 Å². The molecule has 1 aromatic carbocycles. The molecular weight excluding hydrogens is 356 g/mol. The molecule has 2 aromatic rings. The number of rotatable bonds is 6. The van der Waals surface area contributed by atoms with Crippen molar-refractivity contribution in [3.05, 3.63) is 50.6 Å². The van der Waals surface area contributed by atoms with E-state index in [0.29, 0.717) is 17.1 Å². The lowest BCUT2D eigenvalue weighted by Gasteiger charge is -2.13. The summed E-state index contributed by atoms with van der Waals surface area (Å²) in [6, 6.07) is 6.55. The maximum absolute atomic E-state index is 10.9. The molecule has 0 unspecified atom stereocenters. The van der Waals surface area contributed by atoms with Crippen LogP contribution in [0.1, 0.15) is 5.56 Å². The Morgan fingerprint density at radius 3 is 2.59 bits per heavy atom. The number of nitrogens with zero attached hydrogens (tertiary/aromatic N) is 2. The van der Waals surface area contributed by atoms with E-state index in [9.17, 15) is 10.1 Å². The summed E-state index contributed by atoms with van der Waals surface area (Å²) in [6.45, 7) is 0.0827. The predicted molar refractivity (Wildman–Crippen MR) is 82.5 cm³/mol. The molecule has 22 heavy (non-hydrogen) atoms. The highest BCUT2D eigenvalue weighted by Gasteiger charge is 2.17. The van der Waals surface area contributed by atoms with Crippen LogP contribution in [0.5, 0.6) is 17.2 Å². The van der Waals surface area contributed by atoms with Gasteiger partial charge in [0.25, 0.3) is 0 Å². The summed E-state index contributed by atoms with van der Waals surface area (Å²) < 4.78 is 16.7. The van der Waals surface area contributed by atoms with Crippen LogP contribution < -0.4 is 14.2 Å². The molecular formula is C14H13BrN2O5. The Morgan fingerprint density at radius 1 is 1.23 bits per heavy atom. The quantitative estimate of drug-likeness (QED) is 0.574. The van der Waals surface area contributed by atoms with Crippen LogP contribution in [-0.4, -0.2) is 24.1 Å². The molecule has 7 nitrogen and oxygen atoms in total. The minimum Gasteiger partial charge on any atom is -0.496 e. The van der Waals surface area contributed by atoms with Crippen molar-refractivity contribution in [2.24, 2.45) is 0 Å². The number of hydrogen-bond acceptors (Lipinski definition) is 6. The standard InChI is InChI=1S/C14H13BrN2O5/c1-20-12-7-10(15)13(21-2)6-9(12)8-22-11-4-3-5-16-14(11)17(18)19/h3-7H,8H2,1-2H3. The van der Waals surface area contributed by atoms with Crippen molar-refractivity contribution in [3.63, 3.8) is 0 Å². The molecule has 0 radical (unpaired) electrons. The smallest absolute Gasteiger partial charge is 0.406 e. The molecule has 0 amide bonds. The highest BCUT2D eigenvalue weighted by atomic mass is 79.9. The van der Waals surface area contributed by atoms with E-state index in [0.717, 1.165) is 4.47 Å². The molecule has 0 saturated carbocycles. The van der Waals surface area contributed by atoms with E-state index >= 15 is 0 Å². The SMILES string of the molecule is COc1cc(COc2cccnc2[N+](=O)[O-])c(OC)cc1Br. The molecule has 0 aliphatic heterocycles. The third kappa shape index (κ3) is 3.45. The second kappa shape index (κ2) is 7.08. The Labute approximate surface area is 135 Å². The Morgan fingerprint density at radius 2 is 1.95 bits per heavy atom. The molecule has 0 aliphatic carbocycles. The van der Waals surface area contributed by atoms with Crippen molar-refractivity contribution in [2.45, 2.75) is 6.61 Å². The van der Waals surface area contributed by atoms with Crippen LogP contribution in [0, 0.1) is 10.1 Å². The zero-order valence-electron chi connectivity index (χ0n) is 11.9. The Bertz CT molecular complexity index is 693. The van der Waals surface area contributed by atoms with Gasteiger partial charge in [-0.05, 0) is 50.1 Å². The molecule has 0 aliphatic rings. The molecule has 1 aromatic heterocycles. The first-order valence-electron chi connectivity index (χ1n) is 6.19. The highest BCUT2D eigenvalue weighted by Crippen LogP contribution is 2.34. The molecule has 0 fully saturated rings. The van der Waals surface area contributed by atoms with Gasteiger partial charge in [0, 0.05) is 5.56 Å². The van der Waals surface area contributed by atoms with Gasteiger partial charge in [-0.3, -0.25) is 0 Å². The summed E-state index contributed by atoms with van der Waals surface area (Å²) in [5.41, 5.74) is 0.695.